The molecule has 1 N–H and O–H groups in total. The molecule has 0 bridgehead atoms. The Labute approximate surface area is 99.9 Å². The molecule has 0 aliphatic heterocycles. The summed E-state index contributed by atoms with van der Waals surface area (Å²) in [5, 5.41) is 7.31. The normalized spacial score (nSPS) is 10.2. The fourth-order valence-corrected chi connectivity index (χ4v) is 1.55. The highest BCUT2D eigenvalue weighted by molar-refractivity contribution is 5.42. The number of aryl methyl sites for hydroxylation is 1. The zero-order chi connectivity index (χ0) is 12.1. The summed E-state index contributed by atoms with van der Waals surface area (Å²) in [7, 11) is 0. The van der Waals surface area contributed by atoms with E-state index in [-0.39, 0.29) is 5.56 Å². The third-order valence-corrected chi connectivity index (χ3v) is 2.43. The van der Waals surface area contributed by atoms with Gasteiger partial charge >= 0.3 is 0 Å². The fourth-order valence-electron chi connectivity index (χ4n) is 1.55. The number of hydrogen-bond donors (Lipinski definition) is 1. The molecule has 4 heteroatoms. The topological polar surface area (TPSA) is 46.9 Å². The van der Waals surface area contributed by atoms with E-state index >= 15 is 0 Å². The summed E-state index contributed by atoms with van der Waals surface area (Å²) in [6.45, 7) is 3.11. The predicted molar refractivity (Wildman–Crippen MR) is 68.2 cm³/mol. The Morgan fingerprint density at radius 1 is 1.29 bits per heavy atom. The Hall–Kier alpha value is -2.10. The molecule has 0 amide bonds. The van der Waals surface area contributed by atoms with E-state index in [0.717, 1.165) is 11.3 Å². The van der Waals surface area contributed by atoms with Crippen molar-refractivity contribution in [1.82, 2.24) is 9.78 Å². The molecule has 2 aromatic rings. The summed E-state index contributed by atoms with van der Waals surface area (Å²) in [4.78, 5) is 11.6. The molecular formula is C13H15N3O. The Balaban J connectivity index is 1.93. The van der Waals surface area contributed by atoms with Gasteiger partial charge in [0.05, 0.1) is 12.7 Å². The maximum Gasteiger partial charge on any atom is 0.267 e. The second-order valence-electron chi connectivity index (χ2n) is 3.89. The van der Waals surface area contributed by atoms with Gasteiger partial charge in [-0.3, -0.25) is 4.79 Å². The van der Waals surface area contributed by atoms with Crippen LogP contribution in [0, 0.1) is 6.92 Å². The maximum absolute atomic E-state index is 11.6. The Morgan fingerprint density at radius 3 is 2.76 bits per heavy atom. The fraction of sp³-hybridized carbons (Fsp3) is 0.231. The van der Waals surface area contributed by atoms with Gasteiger partial charge in [-0.2, -0.15) is 5.10 Å². The van der Waals surface area contributed by atoms with Crippen molar-refractivity contribution in [3.05, 3.63) is 58.5 Å². The second kappa shape index (κ2) is 5.30. The van der Waals surface area contributed by atoms with Crippen LogP contribution in [-0.4, -0.2) is 16.3 Å². The molecule has 0 saturated heterocycles. The third-order valence-electron chi connectivity index (χ3n) is 2.43. The molecule has 0 unspecified atom stereocenters. The van der Waals surface area contributed by atoms with Crippen LogP contribution >= 0.6 is 0 Å². The Morgan fingerprint density at radius 2 is 2.06 bits per heavy atom. The summed E-state index contributed by atoms with van der Waals surface area (Å²) in [6.07, 6.45) is 1.70. The van der Waals surface area contributed by atoms with Crippen molar-refractivity contribution < 1.29 is 0 Å². The van der Waals surface area contributed by atoms with Gasteiger partial charge in [0.1, 0.15) is 0 Å². The quantitative estimate of drug-likeness (QED) is 0.867. The first kappa shape index (κ1) is 11.4. The molecule has 1 aromatic carbocycles. The minimum atomic E-state index is -0.0557. The molecule has 4 nitrogen and oxygen atoms in total. The second-order valence-corrected chi connectivity index (χ2v) is 3.89. The van der Waals surface area contributed by atoms with Crippen molar-refractivity contribution in [2.24, 2.45) is 0 Å². The van der Waals surface area contributed by atoms with Crippen LogP contribution in [0.2, 0.25) is 0 Å². The van der Waals surface area contributed by atoms with Crippen LogP contribution in [0.3, 0.4) is 0 Å². The van der Waals surface area contributed by atoms with E-state index in [9.17, 15) is 4.79 Å². The lowest BCUT2D eigenvalue weighted by Gasteiger charge is -2.07. The van der Waals surface area contributed by atoms with E-state index in [1.165, 1.54) is 4.68 Å². The standard InChI is InChI=1S/C13H15N3O/c1-11-9-13(17)16(15-10-11)8-7-14-12-5-3-2-4-6-12/h2-6,9-10,14H,7-8H2,1H3. The van der Waals surface area contributed by atoms with Gasteiger partial charge in [0.25, 0.3) is 5.56 Å². The molecule has 1 aromatic heterocycles. The lowest BCUT2D eigenvalue weighted by molar-refractivity contribution is 0.595. The van der Waals surface area contributed by atoms with E-state index in [1.807, 2.05) is 37.3 Å². The minimum Gasteiger partial charge on any atom is -0.383 e. The first-order valence-electron chi connectivity index (χ1n) is 5.58. The Kier molecular flexibility index (Phi) is 3.55. The monoisotopic (exact) mass is 229 g/mol. The van der Waals surface area contributed by atoms with Gasteiger partial charge in [-0.05, 0) is 24.6 Å². The van der Waals surface area contributed by atoms with Crippen LogP contribution in [0.15, 0.2) is 47.4 Å². The molecule has 17 heavy (non-hydrogen) atoms. The van der Waals surface area contributed by atoms with Gasteiger partial charge < -0.3 is 5.32 Å². The van der Waals surface area contributed by atoms with Crippen molar-refractivity contribution >= 4 is 5.69 Å². The molecule has 88 valence electrons. The number of hydrogen-bond acceptors (Lipinski definition) is 3. The molecule has 0 fully saturated rings. The zero-order valence-corrected chi connectivity index (χ0v) is 9.76. The molecule has 0 saturated carbocycles. The lowest BCUT2D eigenvalue weighted by atomic mass is 10.3. The number of rotatable bonds is 4. The SMILES string of the molecule is Cc1cnn(CCNc2ccccc2)c(=O)c1. The summed E-state index contributed by atoms with van der Waals surface area (Å²) in [5.74, 6) is 0. The molecular weight excluding hydrogens is 214 g/mol. The zero-order valence-electron chi connectivity index (χ0n) is 9.76. The first-order valence-corrected chi connectivity index (χ1v) is 5.58. The maximum atomic E-state index is 11.6. The van der Waals surface area contributed by atoms with E-state index < -0.39 is 0 Å². The molecule has 0 atom stereocenters. The van der Waals surface area contributed by atoms with Crippen LogP contribution in [0.1, 0.15) is 5.56 Å². The van der Waals surface area contributed by atoms with Crippen molar-refractivity contribution in [2.75, 3.05) is 11.9 Å². The summed E-state index contributed by atoms with van der Waals surface area (Å²) >= 11 is 0. The van der Waals surface area contributed by atoms with Crippen LogP contribution in [-0.2, 0) is 6.54 Å². The van der Waals surface area contributed by atoms with Crippen LogP contribution in [0.4, 0.5) is 5.69 Å². The molecule has 0 aliphatic rings. The highest BCUT2D eigenvalue weighted by Gasteiger charge is 1.97. The van der Waals surface area contributed by atoms with Crippen LogP contribution in [0.25, 0.3) is 0 Å². The van der Waals surface area contributed by atoms with Crippen LogP contribution in [0.5, 0.6) is 0 Å². The summed E-state index contributed by atoms with van der Waals surface area (Å²) in [5.41, 5.74) is 1.88. The van der Waals surface area contributed by atoms with E-state index in [2.05, 4.69) is 10.4 Å². The van der Waals surface area contributed by atoms with Crippen molar-refractivity contribution in [2.45, 2.75) is 13.5 Å². The number of benzene rings is 1. The van der Waals surface area contributed by atoms with Crippen molar-refractivity contribution in [1.29, 1.82) is 0 Å². The molecule has 1 heterocycles. The van der Waals surface area contributed by atoms with Gasteiger partial charge in [0.15, 0.2) is 0 Å². The predicted octanol–water partition coefficient (Wildman–Crippen LogP) is 1.66. The average molecular weight is 229 g/mol. The number of anilines is 1. The van der Waals surface area contributed by atoms with Crippen molar-refractivity contribution in [3.63, 3.8) is 0 Å². The summed E-state index contributed by atoms with van der Waals surface area (Å²) < 4.78 is 1.46. The van der Waals surface area contributed by atoms with Gasteiger partial charge in [-0.25, -0.2) is 4.68 Å². The molecule has 0 spiro atoms. The Bertz CT molecular complexity index is 534. The van der Waals surface area contributed by atoms with Crippen LogP contribution < -0.4 is 10.9 Å². The number of aromatic nitrogens is 2. The first-order chi connectivity index (χ1) is 8.25. The molecule has 0 radical (unpaired) electrons. The van der Waals surface area contributed by atoms with E-state index in [0.29, 0.717) is 13.1 Å². The van der Waals surface area contributed by atoms with Gasteiger partial charge in [-0.1, -0.05) is 18.2 Å². The molecule has 2 rings (SSSR count). The largest absolute Gasteiger partial charge is 0.383 e. The van der Waals surface area contributed by atoms with Gasteiger partial charge in [-0.15, -0.1) is 0 Å². The number of para-hydroxylation sites is 1. The smallest absolute Gasteiger partial charge is 0.267 e. The molecule has 0 aliphatic carbocycles. The van der Waals surface area contributed by atoms with Gasteiger partial charge in [0, 0.05) is 18.3 Å². The van der Waals surface area contributed by atoms with Gasteiger partial charge in [0.2, 0.25) is 0 Å². The number of nitrogens with one attached hydrogen (secondary N) is 1. The van der Waals surface area contributed by atoms with E-state index in [1.54, 1.807) is 12.3 Å². The van der Waals surface area contributed by atoms with Crippen molar-refractivity contribution in [3.8, 4) is 0 Å². The highest BCUT2D eigenvalue weighted by Crippen LogP contribution is 2.03. The lowest BCUT2D eigenvalue weighted by Crippen LogP contribution is -2.25. The van der Waals surface area contributed by atoms with E-state index in [4.69, 9.17) is 0 Å². The minimum absolute atomic E-state index is 0.0557. The average Bonchev–Trinajstić information content (AvgIpc) is 2.33. The highest BCUT2D eigenvalue weighted by atomic mass is 16.1. The summed E-state index contributed by atoms with van der Waals surface area (Å²) in [6, 6.07) is 11.5. The number of nitrogens with zero attached hydrogens (tertiary/aromatic N) is 2. The third kappa shape index (κ3) is 3.17.